The number of carbonyl (C=O) groups is 1. The second kappa shape index (κ2) is 9.82. The molecule has 3 rings (SSSR count). The number of rotatable bonds is 9. The van der Waals surface area contributed by atoms with Crippen molar-refractivity contribution in [3.63, 3.8) is 0 Å². The molecule has 0 aliphatic rings. The van der Waals surface area contributed by atoms with Crippen molar-refractivity contribution in [2.24, 2.45) is 0 Å². The van der Waals surface area contributed by atoms with Gasteiger partial charge in [-0.3, -0.25) is 9.69 Å². The predicted octanol–water partition coefficient (Wildman–Crippen LogP) is 5.69. The molecule has 0 aliphatic heterocycles. The lowest BCUT2D eigenvalue weighted by Gasteiger charge is -2.14. The third-order valence-corrected chi connectivity index (χ3v) is 5.59. The summed E-state index contributed by atoms with van der Waals surface area (Å²) in [6, 6.07) is 18.7. The van der Waals surface area contributed by atoms with Gasteiger partial charge in [0.1, 0.15) is 17.2 Å². The Hall–Kier alpha value is -3.08. The van der Waals surface area contributed by atoms with E-state index in [9.17, 15) is 14.3 Å². The van der Waals surface area contributed by atoms with Crippen LogP contribution in [0.1, 0.15) is 33.5 Å². The first kappa shape index (κ1) is 22.6. The lowest BCUT2D eigenvalue weighted by Crippen LogP contribution is -2.04. The summed E-state index contributed by atoms with van der Waals surface area (Å²) in [5, 5.41) is 0. The van der Waals surface area contributed by atoms with Crippen LogP contribution in [-0.2, 0) is 11.0 Å². The van der Waals surface area contributed by atoms with Crippen molar-refractivity contribution < 1.29 is 28.0 Å². The minimum atomic E-state index is -4.34. The van der Waals surface area contributed by atoms with Gasteiger partial charge in [-0.2, -0.15) is 0 Å². The monoisotopic (exact) mass is 440 g/mol. The molecule has 0 aromatic heterocycles. The summed E-state index contributed by atoms with van der Waals surface area (Å²) < 4.78 is 27.9. The Morgan fingerprint density at radius 1 is 0.903 bits per heavy atom. The average molecular weight is 440 g/mol. The number of ether oxygens (including phenoxy) is 1. The smallest absolute Gasteiger partial charge is 0.496 e. The van der Waals surface area contributed by atoms with Crippen LogP contribution in [0.3, 0.4) is 0 Å². The Labute approximate surface area is 182 Å². The van der Waals surface area contributed by atoms with E-state index in [4.69, 9.17) is 13.8 Å². The van der Waals surface area contributed by atoms with Crippen molar-refractivity contribution in [3.05, 3.63) is 89.0 Å². The summed E-state index contributed by atoms with van der Waals surface area (Å²) in [7, 11) is -2.73. The zero-order valence-electron chi connectivity index (χ0n) is 17.7. The molecule has 6 nitrogen and oxygen atoms in total. The van der Waals surface area contributed by atoms with Crippen LogP contribution in [0.15, 0.2) is 66.7 Å². The molecule has 1 N–H and O–H groups in total. The maximum absolute atomic E-state index is 12.7. The molecular formula is C24H25O6P. The van der Waals surface area contributed by atoms with Crippen molar-refractivity contribution >= 4 is 13.6 Å². The third kappa shape index (κ3) is 6.20. The van der Waals surface area contributed by atoms with Crippen molar-refractivity contribution in [2.45, 2.75) is 26.7 Å². The van der Waals surface area contributed by atoms with Crippen LogP contribution in [0.25, 0.3) is 0 Å². The molecule has 1 unspecified atom stereocenters. The number of phosphoric acid groups is 1. The first-order chi connectivity index (χ1) is 14.8. The Bertz CT molecular complexity index is 1090. The summed E-state index contributed by atoms with van der Waals surface area (Å²) in [5.41, 5.74) is 3.28. The van der Waals surface area contributed by atoms with E-state index in [0.29, 0.717) is 18.4 Å². The van der Waals surface area contributed by atoms with Gasteiger partial charge in [0.05, 0.1) is 7.11 Å². The summed E-state index contributed by atoms with van der Waals surface area (Å²) >= 11 is 0. The lowest BCUT2D eigenvalue weighted by atomic mass is 9.98. The molecule has 0 saturated heterocycles. The maximum Gasteiger partial charge on any atom is 0.584 e. The molecule has 3 aromatic carbocycles. The minimum Gasteiger partial charge on any atom is -0.496 e. The number of ketones is 1. The van der Waals surface area contributed by atoms with Crippen molar-refractivity contribution in [1.29, 1.82) is 0 Å². The van der Waals surface area contributed by atoms with Gasteiger partial charge >= 0.3 is 7.82 Å². The molecule has 0 saturated carbocycles. The Kier molecular flexibility index (Phi) is 7.16. The van der Waals surface area contributed by atoms with Gasteiger partial charge in [0, 0.05) is 12.0 Å². The van der Waals surface area contributed by atoms with Crippen LogP contribution in [0.2, 0.25) is 0 Å². The predicted molar refractivity (Wildman–Crippen MR) is 119 cm³/mol. The van der Waals surface area contributed by atoms with Crippen molar-refractivity contribution in [1.82, 2.24) is 0 Å². The fraction of sp³-hybridized carbons (Fsp3) is 0.208. The van der Waals surface area contributed by atoms with E-state index in [0.717, 1.165) is 22.4 Å². The number of benzene rings is 3. The fourth-order valence-electron chi connectivity index (χ4n) is 3.36. The second-order valence-electron chi connectivity index (χ2n) is 7.18. The van der Waals surface area contributed by atoms with Crippen LogP contribution < -0.4 is 13.8 Å². The number of Topliss-reactive ketones (excluding diaryl/α,β-unsaturated/α-hetero) is 1. The maximum atomic E-state index is 12.7. The van der Waals surface area contributed by atoms with Crippen molar-refractivity contribution in [2.75, 3.05) is 7.11 Å². The van der Waals surface area contributed by atoms with E-state index >= 15 is 0 Å². The number of para-hydroxylation sites is 1. The first-order valence-electron chi connectivity index (χ1n) is 9.82. The molecule has 0 radical (unpaired) electrons. The van der Waals surface area contributed by atoms with Crippen LogP contribution >= 0.6 is 7.82 Å². The summed E-state index contributed by atoms with van der Waals surface area (Å²) in [6.45, 7) is 3.82. The van der Waals surface area contributed by atoms with Gasteiger partial charge < -0.3 is 13.8 Å². The van der Waals surface area contributed by atoms with E-state index in [-0.39, 0.29) is 17.3 Å². The third-order valence-electron chi connectivity index (χ3n) is 4.71. The summed E-state index contributed by atoms with van der Waals surface area (Å²) in [4.78, 5) is 22.7. The molecule has 162 valence electrons. The standard InChI is InChI=1S/C24H25O6P/c1-17-14-20(15-18(2)24(17)28-3)23(25)13-12-19-8-7-11-22(16-19)30-31(26,27)29-21-9-5-4-6-10-21/h4-11,14-16H,12-13H2,1-3H3,(H,26,27). The highest BCUT2D eigenvalue weighted by atomic mass is 31.2. The molecule has 1 atom stereocenters. The van der Waals surface area contributed by atoms with E-state index in [2.05, 4.69) is 0 Å². The van der Waals surface area contributed by atoms with Gasteiger partial charge in [-0.05, 0) is 73.4 Å². The fourth-order valence-corrected chi connectivity index (χ4v) is 4.16. The van der Waals surface area contributed by atoms with Crippen LogP contribution in [0.5, 0.6) is 17.2 Å². The first-order valence-corrected chi connectivity index (χ1v) is 11.3. The molecule has 0 spiro atoms. The average Bonchev–Trinajstić information content (AvgIpc) is 2.72. The van der Waals surface area contributed by atoms with E-state index in [1.54, 1.807) is 55.6 Å². The number of methoxy groups -OCH3 is 1. The number of hydrogen-bond donors (Lipinski definition) is 1. The SMILES string of the molecule is COc1c(C)cc(C(=O)CCc2cccc(OP(=O)(O)Oc3ccccc3)c2)cc1C. The summed E-state index contributed by atoms with van der Waals surface area (Å²) in [5.74, 6) is 1.23. The normalized spacial score (nSPS) is 12.6. The van der Waals surface area contributed by atoms with E-state index in [1.807, 2.05) is 32.0 Å². The lowest BCUT2D eigenvalue weighted by molar-refractivity contribution is 0.0982. The number of carbonyl (C=O) groups excluding carboxylic acids is 1. The Morgan fingerprint density at radius 2 is 1.52 bits per heavy atom. The molecule has 3 aromatic rings. The highest BCUT2D eigenvalue weighted by molar-refractivity contribution is 7.48. The van der Waals surface area contributed by atoms with E-state index < -0.39 is 7.82 Å². The minimum absolute atomic E-state index is 0.0143. The van der Waals surface area contributed by atoms with Crippen LogP contribution in [0.4, 0.5) is 0 Å². The van der Waals surface area contributed by atoms with Gasteiger partial charge in [-0.1, -0.05) is 30.3 Å². The topological polar surface area (TPSA) is 82.1 Å². The largest absolute Gasteiger partial charge is 0.584 e. The van der Waals surface area contributed by atoms with Crippen molar-refractivity contribution in [3.8, 4) is 17.2 Å². The zero-order chi connectivity index (χ0) is 22.4. The second-order valence-corrected chi connectivity index (χ2v) is 8.48. The molecular weight excluding hydrogens is 415 g/mol. The number of phosphoric ester groups is 1. The number of hydrogen-bond acceptors (Lipinski definition) is 5. The molecule has 0 aliphatic carbocycles. The molecule has 0 fully saturated rings. The Balaban J connectivity index is 1.64. The van der Waals surface area contributed by atoms with E-state index in [1.165, 1.54) is 0 Å². The molecule has 0 bridgehead atoms. The molecule has 31 heavy (non-hydrogen) atoms. The molecule has 7 heteroatoms. The van der Waals surface area contributed by atoms with Gasteiger partial charge in [0.15, 0.2) is 5.78 Å². The molecule has 0 heterocycles. The van der Waals surface area contributed by atoms with Gasteiger partial charge in [-0.15, -0.1) is 0 Å². The number of aryl methyl sites for hydroxylation is 3. The van der Waals surface area contributed by atoms with Gasteiger partial charge in [-0.25, -0.2) is 4.57 Å². The quantitative estimate of drug-likeness (QED) is 0.340. The van der Waals surface area contributed by atoms with Crippen LogP contribution in [-0.4, -0.2) is 17.8 Å². The highest BCUT2D eigenvalue weighted by Crippen LogP contribution is 2.44. The zero-order valence-corrected chi connectivity index (χ0v) is 18.6. The Morgan fingerprint density at radius 3 is 2.16 bits per heavy atom. The van der Waals surface area contributed by atoms with Gasteiger partial charge in [0.25, 0.3) is 0 Å². The highest BCUT2D eigenvalue weighted by Gasteiger charge is 2.25. The molecule has 0 amide bonds. The summed E-state index contributed by atoms with van der Waals surface area (Å²) in [6.07, 6.45) is 0.765. The van der Waals surface area contributed by atoms with Gasteiger partial charge in [0.2, 0.25) is 0 Å². The van der Waals surface area contributed by atoms with Crippen LogP contribution in [0, 0.1) is 13.8 Å².